The van der Waals surface area contributed by atoms with Crippen molar-refractivity contribution in [3.63, 3.8) is 0 Å². The minimum atomic E-state index is -0.534. The van der Waals surface area contributed by atoms with Gasteiger partial charge in [0.1, 0.15) is 6.61 Å². The molecule has 0 atom stereocenters. The molecule has 0 aliphatic carbocycles. The smallest absolute Gasteiger partial charge is 0.285 e. The molecule has 1 aliphatic rings. The SMILES string of the molecule is CCOc1cc(/C=C2/SC(=S)N(NC(=O)c3ccc(C)cc3Cl)C2=O)ccc1OCc1ccc(Cl)cc1Cl. The lowest BCUT2D eigenvalue weighted by molar-refractivity contribution is -0.123. The van der Waals surface area contributed by atoms with E-state index in [9.17, 15) is 9.59 Å². The molecule has 1 aliphatic heterocycles. The summed E-state index contributed by atoms with van der Waals surface area (Å²) in [6, 6.07) is 15.5. The summed E-state index contributed by atoms with van der Waals surface area (Å²) in [5.74, 6) is 0.0367. The van der Waals surface area contributed by atoms with Crippen molar-refractivity contribution in [2.45, 2.75) is 20.5 Å². The molecule has 1 fully saturated rings. The van der Waals surface area contributed by atoms with Gasteiger partial charge in [0.2, 0.25) is 0 Å². The highest BCUT2D eigenvalue weighted by molar-refractivity contribution is 8.26. The first kappa shape index (κ1) is 28.3. The average molecular weight is 608 g/mol. The first-order chi connectivity index (χ1) is 18.2. The number of hydrogen-bond donors (Lipinski definition) is 1. The van der Waals surface area contributed by atoms with Crippen LogP contribution in [-0.4, -0.2) is 27.8 Å². The van der Waals surface area contributed by atoms with Crippen LogP contribution in [0.3, 0.4) is 0 Å². The fraction of sp³-hybridized carbons (Fsp3) is 0.148. The van der Waals surface area contributed by atoms with Gasteiger partial charge in [-0.3, -0.25) is 15.0 Å². The van der Waals surface area contributed by atoms with Crippen molar-refractivity contribution < 1.29 is 19.1 Å². The lowest BCUT2D eigenvalue weighted by atomic mass is 10.1. The zero-order valence-electron chi connectivity index (χ0n) is 20.2. The lowest BCUT2D eigenvalue weighted by Crippen LogP contribution is -2.44. The fourth-order valence-corrected chi connectivity index (χ4v) is 5.44. The molecule has 1 saturated heterocycles. The number of halogens is 3. The second-order valence-corrected chi connectivity index (χ2v) is 11.0. The Balaban J connectivity index is 1.50. The number of nitrogens with one attached hydrogen (secondary N) is 1. The van der Waals surface area contributed by atoms with Gasteiger partial charge in [0.15, 0.2) is 15.8 Å². The molecule has 0 spiro atoms. The van der Waals surface area contributed by atoms with E-state index < -0.39 is 11.8 Å². The fourth-order valence-electron chi connectivity index (χ4n) is 3.48. The number of thioether (sulfide) groups is 1. The van der Waals surface area contributed by atoms with E-state index in [-0.39, 0.29) is 21.5 Å². The van der Waals surface area contributed by atoms with Gasteiger partial charge in [-0.25, -0.2) is 0 Å². The molecule has 1 N–H and O–H groups in total. The van der Waals surface area contributed by atoms with Gasteiger partial charge in [-0.05, 0) is 79.7 Å². The van der Waals surface area contributed by atoms with Crippen molar-refractivity contribution in [3.05, 3.63) is 96.8 Å². The topological polar surface area (TPSA) is 67.9 Å². The second-order valence-electron chi connectivity index (χ2n) is 8.10. The zero-order chi connectivity index (χ0) is 27.4. The molecule has 11 heteroatoms. The lowest BCUT2D eigenvalue weighted by Gasteiger charge is -2.16. The number of rotatable bonds is 8. The predicted octanol–water partition coefficient (Wildman–Crippen LogP) is 7.48. The first-order valence-electron chi connectivity index (χ1n) is 11.3. The molecule has 0 unspecified atom stereocenters. The zero-order valence-corrected chi connectivity index (χ0v) is 24.1. The quantitative estimate of drug-likeness (QED) is 0.212. The van der Waals surface area contributed by atoms with E-state index in [0.29, 0.717) is 38.6 Å². The number of aryl methyl sites for hydroxylation is 1. The normalized spacial score (nSPS) is 14.2. The van der Waals surface area contributed by atoms with E-state index >= 15 is 0 Å². The third-order valence-corrected chi connectivity index (χ3v) is 7.54. The molecule has 0 radical (unpaired) electrons. The van der Waals surface area contributed by atoms with Crippen LogP contribution >= 0.6 is 58.8 Å². The number of carbonyl (C=O) groups is 2. The summed E-state index contributed by atoms with van der Waals surface area (Å²) in [5, 5.41) is 2.38. The highest BCUT2D eigenvalue weighted by Crippen LogP contribution is 2.35. The summed E-state index contributed by atoms with van der Waals surface area (Å²) in [7, 11) is 0. The van der Waals surface area contributed by atoms with Crippen LogP contribution in [0.2, 0.25) is 15.1 Å². The van der Waals surface area contributed by atoms with E-state index in [0.717, 1.165) is 27.9 Å². The van der Waals surface area contributed by atoms with Gasteiger partial charge in [-0.1, -0.05) is 64.8 Å². The van der Waals surface area contributed by atoms with Gasteiger partial charge in [0.05, 0.1) is 22.1 Å². The highest BCUT2D eigenvalue weighted by Gasteiger charge is 2.34. The third-order valence-electron chi connectivity index (χ3n) is 5.34. The summed E-state index contributed by atoms with van der Waals surface area (Å²) in [4.78, 5) is 26.1. The summed E-state index contributed by atoms with van der Waals surface area (Å²) in [6.07, 6.45) is 1.67. The van der Waals surface area contributed by atoms with Crippen molar-refractivity contribution in [1.82, 2.24) is 10.4 Å². The van der Waals surface area contributed by atoms with Crippen LogP contribution in [0.15, 0.2) is 59.5 Å². The van der Waals surface area contributed by atoms with Crippen molar-refractivity contribution >= 4 is 81.0 Å². The van der Waals surface area contributed by atoms with Crippen LogP contribution in [0.4, 0.5) is 0 Å². The molecule has 0 saturated carbocycles. The predicted molar refractivity (Wildman–Crippen MR) is 157 cm³/mol. The van der Waals surface area contributed by atoms with Crippen molar-refractivity contribution in [1.29, 1.82) is 0 Å². The number of benzene rings is 3. The molecule has 3 aromatic carbocycles. The Bertz CT molecular complexity index is 1460. The van der Waals surface area contributed by atoms with Crippen LogP contribution in [0.1, 0.15) is 34.0 Å². The molecule has 4 rings (SSSR count). The molecular formula is C27H21Cl3N2O4S2. The van der Waals surface area contributed by atoms with E-state index in [2.05, 4.69) is 5.43 Å². The van der Waals surface area contributed by atoms with Crippen molar-refractivity contribution in [2.24, 2.45) is 0 Å². The van der Waals surface area contributed by atoms with Crippen molar-refractivity contribution in [2.75, 3.05) is 6.61 Å². The van der Waals surface area contributed by atoms with Gasteiger partial charge < -0.3 is 9.47 Å². The summed E-state index contributed by atoms with van der Waals surface area (Å²) < 4.78 is 11.9. The van der Waals surface area contributed by atoms with Crippen LogP contribution in [-0.2, 0) is 11.4 Å². The van der Waals surface area contributed by atoms with Gasteiger partial charge in [0.25, 0.3) is 11.8 Å². The number of amides is 2. The van der Waals surface area contributed by atoms with Gasteiger partial charge >= 0.3 is 0 Å². The summed E-state index contributed by atoms with van der Waals surface area (Å²) in [6.45, 7) is 4.36. The highest BCUT2D eigenvalue weighted by atomic mass is 35.5. The Morgan fingerprint density at radius 2 is 1.82 bits per heavy atom. The molecule has 2 amide bonds. The summed E-state index contributed by atoms with van der Waals surface area (Å²) >= 11 is 24.8. The molecular weight excluding hydrogens is 587 g/mol. The molecule has 38 heavy (non-hydrogen) atoms. The Kier molecular flexibility index (Phi) is 9.23. The second kappa shape index (κ2) is 12.4. The van der Waals surface area contributed by atoms with Crippen LogP contribution in [0.25, 0.3) is 6.08 Å². The largest absolute Gasteiger partial charge is 0.490 e. The Morgan fingerprint density at radius 3 is 2.53 bits per heavy atom. The van der Waals surface area contributed by atoms with Crippen LogP contribution < -0.4 is 14.9 Å². The standard InChI is InChI=1S/C27H21Cl3N2O4S2/c1-3-35-23-11-16(5-9-22(23)36-14-17-6-7-18(28)13-20(17)29)12-24-26(34)32(27(37)38-24)31-25(33)19-8-4-15(2)10-21(19)30/h4-13H,3,14H2,1-2H3,(H,31,33)/b24-12+. The van der Waals surface area contributed by atoms with Crippen LogP contribution in [0.5, 0.6) is 11.5 Å². The van der Waals surface area contributed by atoms with E-state index in [1.807, 2.05) is 13.8 Å². The summed E-state index contributed by atoms with van der Waals surface area (Å²) in [5.41, 5.74) is 5.17. The molecule has 0 aromatic heterocycles. The number of carbonyl (C=O) groups excluding carboxylic acids is 2. The maximum atomic E-state index is 13.0. The number of ether oxygens (including phenoxy) is 2. The van der Waals surface area contributed by atoms with Crippen LogP contribution in [0, 0.1) is 6.92 Å². The Morgan fingerprint density at radius 1 is 1.03 bits per heavy atom. The van der Waals surface area contributed by atoms with E-state index in [1.54, 1.807) is 60.7 Å². The van der Waals surface area contributed by atoms with Crippen molar-refractivity contribution in [3.8, 4) is 11.5 Å². The molecule has 0 bridgehead atoms. The van der Waals surface area contributed by atoms with Gasteiger partial charge in [0, 0.05) is 15.6 Å². The van der Waals surface area contributed by atoms with Gasteiger partial charge in [-0.2, -0.15) is 5.01 Å². The van der Waals surface area contributed by atoms with E-state index in [1.165, 1.54) is 0 Å². The van der Waals surface area contributed by atoms with E-state index in [4.69, 9.17) is 56.5 Å². The maximum Gasteiger partial charge on any atom is 0.285 e. The molecule has 6 nitrogen and oxygen atoms in total. The number of hydrogen-bond acceptors (Lipinski definition) is 6. The third kappa shape index (κ3) is 6.62. The van der Waals surface area contributed by atoms with Gasteiger partial charge in [-0.15, -0.1) is 0 Å². The minimum absolute atomic E-state index is 0.197. The molecule has 196 valence electrons. The number of nitrogens with zero attached hydrogens (tertiary/aromatic N) is 1. The average Bonchev–Trinajstić information content (AvgIpc) is 3.11. The number of hydrazine groups is 1. The molecule has 1 heterocycles. The minimum Gasteiger partial charge on any atom is -0.490 e. The maximum absolute atomic E-state index is 13.0. The first-order valence-corrected chi connectivity index (χ1v) is 13.7. The Labute approximate surface area is 244 Å². The monoisotopic (exact) mass is 606 g/mol. The Hall–Kier alpha value is -2.75. The number of thiocarbonyl (C=S) groups is 1. The molecule has 3 aromatic rings.